The molecular weight excluding hydrogens is 418 g/mol. The Morgan fingerprint density at radius 3 is 2.58 bits per heavy atom. The molecule has 1 aliphatic rings. The van der Waals surface area contributed by atoms with Gasteiger partial charge in [0, 0.05) is 18.8 Å². The first-order chi connectivity index (χ1) is 14.5. The van der Waals surface area contributed by atoms with Crippen LogP contribution in [0.15, 0.2) is 35.2 Å². The van der Waals surface area contributed by atoms with E-state index >= 15 is 0 Å². The second-order valence-electron chi connectivity index (χ2n) is 7.67. The van der Waals surface area contributed by atoms with Crippen LogP contribution in [0.1, 0.15) is 30.0 Å². The van der Waals surface area contributed by atoms with E-state index < -0.39 is 22.0 Å². The van der Waals surface area contributed by atoms with Crippen molar-refractivity contribution in [2.75, 3.05) is 24.2 Å². The van der Waals surface area contributed by atoms with Gasteiger partial charge in [0.1, 0.15) is 5.75 Å². The number of benzene rings is 2. The van der Waals surface area contributed by atoms with Crippen LogP contribution in [0.25, 0.3) is 0 Å². The van der Waals surface area contributed by atoms with Gasteiger partial charge in [0.05, 0.1) is 17.1 Å². The van der Waals surface area contributed by atoms with Crippen molar-refractivity contribution in [1.82, 2.24) is 4.31 Å². The number of nitrogens with zero attached hydrogens (tertiary/aromatic N) is 1. The molecule has 2 amide bonds. The second kappa shape index (κ2) is 8.68. The molecule has 1 aliphatic heterocycles. The third kappa shape index (κ3) is 4.57. The lowest BCUT2D eigenvalue weighted by molar-refractivity contribution is -0.123. The first kappa shape index (κ1) is 22.8. The van der Waals surface area contributed by atoms with E-state index in [1.165, 1.54) is 13.1 Å². The molecule has 0 radical (unpaired) electrons. The van der Waals surface area contributed by atoms with Gasteiger partial charge in [-0.2, -0.15) is 4.31 Å². The molecule has 2 aromatic rings. The summed E-state index contributed by atoms with van der Waals surface area (Å²) in [5, 5.41) is 5.51. The minimum absolute atomic E-state index is 0.0271. The molecule has 1 atom stereocenters. The number of sulfonamides is 1. The summed E-state index contributed by atoms with van der Waals surface area (Å²) in [5.74, 6) is -0.404. The number of fused-ring (bicyclic) bond motifs is 1. The summed E-state index contributed by atoms with van der Waals surface area (Å²) < 4.78 is 33.0. The van der Waals surface area contributed by atoms with Crippen LogP contribution in [0, 0.1) is 20.8 Å². The lowest BCUT2D eigenvalue weighted by atomic mass is 10.1. The van der Waals surface area contributed by atoms with E-state index in [-0.39, 0.29) is 17.3 Å². The standard InChI is InChI=1S/C22H27N3O5S/c1-6-18-22(27)24-17-10-14(3)20(11-19(17)30-18)31(28,29)25(5)12-21(26)23-16-9-7-8-13(2)15(16)4/h7-11,18H,6,12H2,1-5H3,(H,23,26)(H,24,27). The van der Waals surface area contributed by atoms with Crippen molar-refractivity contribution in [3.05, 3.63) is 47.0 Å². The van der Waals surface area contributed by atoms with Gasteiger partial charge in [-0.15, -0.1) is 0 Å². The topological polar surface area (TPSA) is 105 Å². The summed E-state index contributed by atoms with van der Waals surface area (Å²) >= 11 is 0. The Morgan fingerprint density at radius 1 is 1.19 bits per heavy atom. The maximum absolute atomic E-state index is 13.2. The van der Waals surface area contributed by atoms with Crippen LogP contribution in [0.5, 0.6) is 5.75 Å². The van der Waals surface area contributed by atoms with Gasteiger partial charge in [-0.05, 0) is 56.0 Å². The van der Waals surface area contributed by atoms with Crippen LogP contribution >= 0.6 is 0 Å². The highest BCUT2D eigenvalue weighted by Gasteiger charge is 2.31. The number of hydrogen-bond donors (Lipinski definition) is 2. The normalized spacial score (nSPS) is 15.8. The minimum Gasteiger partial charge on any atom is -0.478 e. The number of amides is 2. The molecule has 0 aromatic heterocycles. The van der Waals surface area contributed by atoms with Gasteiger partial charge >= 0.3 is 0 Å². The van der Waals surface area contributed by atoms with E-state index in [1.54, 1.807) is 19.1 Å². The molecule has 2 N–H and O–H groups in total. The number of ether oxygens (including phenoxy) is 1. The first-order valence-electron chi connectivity index (χ1n) is 9.99. The van der Waals surface area contributed by atoms with Gasteiger partial charge in [-0.1, -0.05) is 19.1 Å². The molecule has 3 rings (SSSR count). The zero-order valence-electron chi connectivity index (χ0n) is 18.3. The number of hydrogen-bond acceptors (Lipinski definition) is 5. The molecule has 166 valence electrons. The average Bonchev–Trinajstić information content (AvgIpc) is 2.70. The maximum atomic E-state index is 13.2. The first-order valence-corrected chi connectivity index (χ1v) is 11.4. The number of anilines is 2. The number of likely N-dealkylation sites (N-methyl/N-ethyl adjacent to an activating group) is 1. The van der Waals surface area contributed by atoms with Crippen molar-refractivity contribution in [3.63, 3.8) is 0 Å². The summed E-state index contributed by atoms with van der Waals surface area (Å²) in [6.07, 6.45) is -0.216. The fraction of sp³-hybridized carbons (Fsp3) is 0.364. The molecule has 9 heteroatoms. The van der Waals surface area contributed by atoms with E-state index in [4.69, 9.17) is 4.74 Å². The van der Waals surface area contributed by atoms with Crippen LogP contribution < -0.4 is 15.4 Å². The highest BCUT2D eigenvalue weighted by molar-refractivity contribution is 7.89. The molecule has 31 heavy (non-hydrogen) atoms. The van der Waals surface area contributed by atoms with E-state index in [9.17, 15) is 18.0 Å². The fourth-order valence-corrected chi connectivity index (χ4v) is 4.71. The summed E-state index contributed by atoms with van der Waals surface area (Å²) in [4.78, 5) is 24.5. The lowest BCUT2D eigenvalue weighted by Crippen LogP contribution is -2.37. The monoisotopic (exact) mass is 445 g/mol. The highest BCUT2D eigenvalue weighted by atomic mass is 32.2. The van der Waals surface area contributed by atoms with Crippen LogP contribution in [0.4, 0.5) is 11.4 Å². The zero-order valence-corrected chi connectivity index (χ0v) is 19.1. The van der Waals surface area contributed by atoms with E-state index in [2.05, 4.69) is 10.6 Å². The maximum Gasteiger partial charge on any atom is 0.265 e. The number of rotatable bonds is 6. The summed E-state index contributed by atoms with van der Waals surface area (Å²) in [7, 11) is -2.61. The molecule has 1 unspecified atom stereocenters. The Kier molecular flexibility index (Phi) is 6.38. The fourth-order valence-electron chi connectivity index (χ4n) is 3.36. The van der Waals surface area contributed by atoms with Gasteiger partial charge < -0.3 is 15.4 Å². The Balaban J connectivity index is 1.81. The smallest absolute Gasteiger partial charge is 0.265 e. The highest BCUT2D eigenvalue weighted by Crippen LogP contribution is 2.35. The molecular formula is C22H27N3O5S. The summed E-state index contributed by atoms with van der Waals surface area (Å²) in [6, 6.07) is 8.51. The van der Waals surface area contributed by atoms with E-state index in [0.29, 0.717) is 29.1 Å². The molecule has 0 bridgehead atoms. The molecule has 0 spiro atoms. The number of aryl methyl sites for hydroxylation is 2. The third-order valence-electron chi connectivity index (χ3n) is 5.40. The third-order valence-corrected chi connectivity index (χ3v) is 7.35. The second-order valence-corrected chi connectivity index (χ2v) is 9.69. The number of nitrogens with one attached hydrogen (secondary N) is 2. The summed E-state index contributed by atoms with van der Waals surface area (Å²) in [5.41, 5.74) is 3.48. The lowest BCUT2D eigenvalue weighted by Gasteiger charge is -2.27. The van der Waals surface area contributed by atoms with Crippen LogP contribution in [0.2, 0.25) is 0 Å². The molecule has 8 nitrogen and oxygen atoms in total. The average molecular weight is 446 g/mol. The molecule has 0 aliphatic carbocycles. The Bertz CT molecular complexity index is 1140. The SMILES string of the molecule is CCC1Oc2cc(S(=O)(=O)N(C)CC(=O)Nc3cccc(C)c3C)c(C)cc2NC1=O. The van der Waals surface area contributed by atoms with Gasteiger partial charge in [-0.25, -0.2) is 8.42 Å². The van der Waals surface area contributed by atoms with Crippen molar-refractivity contribution in [3.8, 4) is 5.75 Å². The van der Waals surface area contributed by atoms with Crippen LogP contribution in [-0.2, 0) is 19.6 Å². The predicted octanol–water partition coefficient (Wildman–Crippen LogP) is 2.98. The van der Waals surface area contributed by atoms with Crippen molar-refractivity contribution >= 4 is 33.2 Å². The molecule has 0 saturated heterocycles. The molecule has 0 saturated carbocycles. The van der Waals surface area contributed by atoms with Crippen LogP contribution in [-0.4, -0.2) is 44.2 Å². The quantitative estimate of drug-likeness (QED) is 0.711. The minimum atomic E-state index is -3.97. The predicted molar refractivity (Wildman–Crippen MR) is 119 cm³/mol. The van der Waals surface area contributed by atoms with E-state index in [0.717, 1.165) is 15.4 Å². The van der Waals surface area contributed by atoms with Crippen molar-refractivity contribution < 1.29 is 22.7 Å². The Labute approximate surface area is 182 Å². The van der Waals surface area contributed by atoms with Gasteiger partial charge in [0.25, 0.3) is 5.91 Å². The Hall–Kier alpha value is -2.91. The van der Waals surface area contributed by atoms with Gasteiger partial charge in [0.15, 0.2) is 6.10 Å². The van der Waals surface area contributed by atoms with Crippen molar-refractivity contribution in [2.45, 2.75) is 45.1 Å². The molecule has 0 fully saturated rings. The van der Waals surface area contributed by atoms with Crippen LogP contribution in [0.3, 0.4) is 0 Å². The Morgan fingerprint density at radius 2 is 1.90 bits per heavy atom. The van der Waals surface area contributed by atoms with Gasteiger partial charge in [-0.3, -0.25) is 9.59 Å². The van der Waals surface area contributed by atoms with Gasteiger partial charge in [0.2, 0.25) is 15.9 Å². The number of carbonyl (C=O) groups is 2. The van der Waals surface area contributed by atoms with E-state index in [1.807, 2.05) is 32.9 Å². The molecule has 1 heterocycles. The molecule has 2 aromatic carbocycles. The summed E-state index contributed by atoms with van der Waals surface area (Å²) in [6.45, 7) is 6.93. The van der Waals surface area contributed by atoms with Crippen molar-refractivity contribution in [1.29, 1.82) is 0 Å². The number of carbonyl (C=O) groups excluding carboxylic acids is 2. The zero-order chi connectivity index (χ0) is 22.9. The van der Waals surface area contributed by atoms with Crippen molar-refractivity contribution in [2.24, 2.45) is 0 Å². The largest absolute Gasteiger partial charge is 0.478 e.